The largest absolute Gasteiger partial charge is 0.479 e. The number of aliphatic carboxylic acids is 2. The molecule has 0 spiro atoms. The van der Waals surface area contributed by atoms with Gasteiger partial charge in [-0.05, 0) is 13.8 Å². The van der Waals surface area contributed by atoms with E-state index in [0.29, 0.717) is 0 Å². The molecular formula is C10H15Fe2NO8. The summed E-state index contributed by atoms with van der Waals surface area (Å²) in [5.74, 6) is -4.79. The Kier molecular flexibility index (Phi) is 13.7. The third-order valence-corrected chi connectivity index (χ3v) is 1.99. The molecule has 0 aliphatic heterocycles. The van der Waals surface area contributed by atoms with Crippen molar-refractivity contribution in [1.82, 2.24) is 0 Å². The van der Waals surface area contributed by atoms with Crippen LogP contribution in [0.4, 0.5) is 0 Å². The number of hydrogen-bond donors (Lipinski definition) is 3. The standard InChI is InChI=1S/C10H15NO8.2Fe/c1-4(8(13)14)18-7(12)3-6(11)10(17)19-5(2)9(15)16;;/h4-6H,3,11H2,1-2H3,(H,13,14)(H,15,16);;/t4?,5?,6-;;/m0../s1. The minimum absolute atomic E-state index is 0. The second kappa shape index (κ2) is 11.5. The number of carbonyl (C=O) groups excluding carboxylic acids is 2. The number of carboxylic acid groups (broad SMARTS) is 2. The van der Waals surface area contributed by atoms with E-state index in [1.54, 1.807) is 0 Å². The van der Waals surface area contributed by atoms with Gasteiger partial charge in [0.1, 0.15) is 6.04 Å². The molecule has 0 bridgehead atoms. The fourth-order valence-corrected chi connectivity index (χ4v) is 0.871. The van der Waals surface area contributed by atoms with E-state index in [4.69, 9.17) is 15.9 Å². The van der Waals surface area contributed by atoms with E-state index in [1.165, 1.54) is 0 Å². The van der Waals surface area contributed by atoms with Crippen LogP contribution in [0.2, 0.25) is 0 Å². The Labute approximate surface area is 141 Å². The van der Waals surface area contributed by atoms with Gasteiger partial charge in [0, 0.05) is 34.1 Å². The maximum Gasteiger partial charge on any atom is 0.344 e. The SMILES string of the molecule is CC(OC(=O)C[C@H](N)C(=O)OC(C)C(=O)O)C(=O)O.[Fe].[Fe]. The second-order valence-electron chi connectivity index (χ2n) is 3.70. The number of rotatable bonds is 7. The van der Waals surface area contributed by atoms with Crippen molar-refractivity contribution in [1.29, 1.82) is 0 Å². The van der Waals surface area contributed by atoms with Gasteiger partial charge in [-0.15, -0.1) is 0 Å². The number of esters is 2. The molecule has 3 atom stereocenters. The molecule has 2 unspecified atom stereocenters. The summed E-state index contributed by atoms with van der Waals surface area (Å²) >= 11 is 0. The van der Waals surface area contributed by atoms with E-state index in [0.717, 1.165) is 13.8 Å². The molecule has 0 saturated carbocycles. The molecule has 0 heterocycles. The molecule has 0 fully saturated rings. The van der Waals surface area contributed by atoms with E-state index < -0.39 is 48.5 Å². The van der Waals surface area contributed by atoms with Gasteiger partial charge in [0.05, 0.1) is 6.42 Å². The summed E-state index contributed by atoms with van der Waals surface area (Å²) in [4.78, 5) is 43.3. The minimum Gasteiger partial charge on any atom is -0.479 e. The fourth-order valence-electron chi connectivity index (χ4n) is 0.871. The number of nitrogens with two attached hydrogens (primary N) is 1. The molecule has 0 aliphatic carbocycles. The summed E-state index contributed by atoms with van der Waals surface area (Å²) in [7, 11) is 0. The van der Waals surface area contributed by atoms with Crippen LogP contribution in [-0.4, -0.2) is 52.3 Å². The van der Waals surface area contributed by atoms with Crippen molar-refractivity contribution in [2.75, 3.05) is 0 Å². The van der Waals surface area contributed by atoms with Gasteiger partial charge >= 0.3 is 23.9 Å². The van der Waals surface area contributed by atoms with Crippen LogP contribution in [0.25, 0.3) is 0 Å². The third-order valence-electron chi connectivity index (χ3n) is 1.99. The summed E-state index contributed by atoms with van der Waals surface area (Å²) in [6.45, 7) is 2.26. The first-order chi connectivity index (χ1) is 8.65. The van der Waals surface area contributed by atoms with E-state index in [2.05, 4.69) is 9.47 Å². The minimum atomic E-state index is -1.42. The average Bonchev–Trinajstić information content (AvgIpc) is 2.27. The first-order valence-corrected chi connectivity index (χ1v) is 5.26. The topological polar surface area (TPSA) is 153 Å². The Morgan fingerprint density at radius 1 is 0.952 bits per heavy atom. The molecule has 9 nitrogen and oxygen atoms in total. The van der Waals surface area contributed by atoms with E-state index >= 15 is 0 Å². The van der Waals surface area contributed by atoms with Gasteiger partial charge in [0.2, 0.25) is 0 Å². The molecule has 4 N–H and O–H groups in total. The van der Waals surface area contributed by atoms with Crippen LogP contribution in [0, 0.1) is 0 Å². The van der Waals surface area contributed by atoms with E-state index in [1.807, 2.05) is 0 Å². The summed E-state index contributed by atoms with van der Waals surface area (Å²) in [6.07, 6.45) is -3.37. The van der Waals surface area contributed by atoms with Crippen molar-refractivity contribution in [3.8, 4) is 0 Å². The molecule has 21 heavy (non-hydrogen) atoms. The number of carbonyl (C=O) groups is 4. The molecule has 0 rings (SSSR count). The van der Waals surface area contributed by atoms with Crippen LogP contribution >= 0.6 is 0 Å². The van der Waals surface area contributed by atoms with Gasteiger partial charge in [-0.2, -0.15) is 0 Å². The quantitative estimate of drug-likeness (QED) is 0.357. The zero-order chi connectivity index (χ0) is 15.2. The Morgan fingerprint density at radius 3 is 1.71 bits per heavy atom. The van der Waals surface area contributed by atoms with Crippen LogP contribution in [0.15, 0.2) is 0 Å². The molecule has 11 heteroatoms. The second-order valence-corrected chi connectivity index (χ2v) is 3.70. The summed E-state index contributed by atoms with van der Waals surface area (Å²) in [5.41, 5.74) is 5.30. The van der Waals surface area contributed by atoms with E-state index in [-0.39, 0.29) is 34.1 Å². The van der Waals surface area contributed by atoms with Crippen LogP contribution in [-0.2, 0) is 62.8 Å². The molecular weight excluding hydrogens is 374 g/mol. The van der Waals surface area contributed by atoms with Gasteiger partial charge in [-0.25, -0.2) is 9.59 Å². The number of ether oxygens (including phenoxy) is 2. The Morgan fingerprint density at radius 2 is 1.33 bits per heavy atom. The monoisotopic (exact) mass is 389 g/mol. The molecule has 124 valence electrons. The van der Waals surface area contributed by atoms with Crippen LogP contribution < -0.4 is 5.73 Å². The van der Waals surface area contributed by atoms with E-state index in [9.17, 15) is 19.2 Å². The molecule has 0 saturated heterocycles. The maximum atomic E-state index is 11.3. The van der Waals surface area contributed by atoms with Crippen LogP contribution in [0.3, 0.4) is 0 Å². The van der Waals surface area contributed by atoms with Gasteiger partial charge in [0.15, 0.2) is 12.2 Å². The molecule has 0 amide bonds. The summed E-state index contributed by atoms with van der Waals surface area (Å²) in [5, 5.41) is 17.0. The zero-order valence-corrected chi connectivity index (χ0v) is 13.3. The maximum absolute atomic E-state index is 11.3. The average molecular weight is 389 g/mol. The van der Waals surface area contributed by atoms with Gasteiger partial charge in [-0.3, -0.25) is 9.59 Å². The predicted molar refractivity (Wildman–Crippen MR) is 59.0 cm³/mol. The predicted octanol–water partition coefficient (Wildman–Crippen LogP) is -1.27. The molecule has 0 radical (unpaired) electrons. The summed E-state index contributed by atoms with van der Waals surface area (Å²) in [6, 6.07) is -1.42. The molecule has 0 aromatic rings. The molecule has 0 aliphatic rings. The van der Waals surface area contributed by atoms with Crippen LogP contribution in [0.5, 0.6) is 0 Å². The third kappa shape index (κ3) is 10.3. The van der Waals surface area contributed by atoms with Gasteiger partial charge < -0.3 is 25.4 Å². The number of carboxylic acids is 2. The smallest absolute Gasteiger partial charge is 0.344 e. The van der Waals surface area contributed by atoms with Crippen molar-refractivity contribution in [3.05, 3.63) is 0 Å². The molecule has 0 aromatic heterocycles. The first kappa shape index (κ1) is 24.9. The van der Waals surface area contributed by atoms with Crippen molar-refractivity contribution < 1.29 is 73.0 Å². The van der Waals surface area contributed by atoms with Gasteiger partial charge in [-0.1, -0.05) is 0 Å². The van der Waals surface area contributed by atoms with Crippen molar-refractivity contribution >= 4 is 23.9 Å². The normalized spacial score (nSPS) is 13.5. The Bertz CT molecular complexity index is 389. The van der Waals surface area contributed by atoms with Crippen LogP contribution in [0.1, 0.15) is 20.3 Å². The van der Waals surface area contributed by atoms with Gasteiger partial charge in [0.25, 0.3) is 0 Å². The number of hydrogen-bond acceptors (Lipinski definition) is 7. The Balaban J connectivity index is -0.00000162. The first-order valence-electron chi connectivity index (χ1n) is 5.26. The molecule has 0 aromatic carbocycles. The van der Waals surface area contributed by atoms with Crippen molar-refractivity contribution in [3.63, 3.8) is 0 Å². The van der Waals surface area contributed by atoms with Crippen molar-refractivity contribution in [2.45, 2.75) is 38.5 Å². The summed E-state index contributed by atoms with van der Waals surface area (Å²) < 4.78 is 8.88. The fraction of sp³-hybridized carbons (Fsp3) is 0.600. The zero-order valence-electron chi connectivity index (χ0n) is 11.1. The van der Waals surface area contributed by atoms with Crippen molar-refractivity contribution in [2.24, 2.45) is 5.73 Å². The Hall–Kier alpha value is -1.12.